The molecule has 5 nitrogen and oxygen atoms in total. The number of aromatic nitrogens is 3. The van der Waals surface area contributed by atoms with Crippen LogP contribution in [0.15, 0.2) is 209 Å². The topological polar surface area (TPSA) is 65.0 Å². The van der Waals surface area contributed by atoms with Gasteiger partial charge in [-0.3, -0.25) is 0 Å². The van der Waals surface area contributed by atoms with E-state index in [-0.39, 0.29) is 0 Å². The van der Waals surface area contributed by atoms with Gasteiger partial charge in [-0.05, 0) is 98.1 Å². The van der Waals surface area contributed by atoms with Gasteiger partial charge < -0.3 is 8.83 Å². The summed E-state index contributed by atoms with van der Waals surface area (Å²) in [6, 6.07) is 70.6. The van der Waals surface area contributed by atoms with Crippen LogP contribution in [0.25, 0.3) is 111 Å². The molecule has 0 bridgehead atoms. The zero-order valence-electron chi connectivity index (χ0n) is 33.7. The molecule has 0 atom stereocenters. The Hall–Kier alpha value is -8.41. The number of rotatable bonds is 4. The molecule has 2 aliphatic rings. The van der Waals surface area contributed by atoms with E-state index in [9.17, 15) is 0 Å². The van der Waals surface area contributed by atoms with Crippen LogP contribution in [0.2, 0.25) is 0 Å². The first-order valence-corrected chi connectivity index (χ1v) is 21.3. The maximum atomic E-state index is 6.83. The van der Waals surface area contributed by atoms with Crippen molar-refractivity contribution in [3.8, 4) is 67.5 Å². The standard InChI is InChI=1S/C58H33N3O2/c1-3-13-34(14-4-1)35-23-25-37(26-24-35)56-59-55(36-15-5-2-6-16-36)60-57(61-56)38-27-29-50-45(31-38)53-51(62-50)30-28-42-43-32-44-41-19-9-12-22-49(41)63-52(44)33-48(43)58(54(42)53)46-20-10-7-17-39(46)40-18-8-11-21-47(40)58/h1-33H. The quantitative estimate of drug-likeness (QED) is 0.177. The summed E-state index contributed by atoms with van der Waals surface area (Å²) in [6.45, 7) is 0. The zero-order chi connectivity index (χ0) is 41.2. The summed E-state index contributed by atoms with van der Waals surface area (Å²) in [5.74, 6) is 1.82. The fourth-order valence-electron chi connectivity index (χ4n) is 10.6. The van der Waals surface area contributed by atoms with Crippen LogP contribution >= 0.6 is 0 Å². The van der Waals surface area contributed by atoms with Gasteiger partial charge in [0.15, 0.2) is 17.5 Å². The molecule has 63 heavy (non-hydrogen) atoms. The van der Waals surface area contributed by atoms with Crippen molar-refractivity contribution in [2.24, 2.45) is 0 Å². The third-order valence-electron chi connectivity index (χ3n) is 13.4. The lowest BCUT2D eigenvalue weighted by atomic mass is 9.69. The van der Waals surface area contributed by atoms with Gasteiger partial charge in [0.1, 0.15) is 22.3 Å². The predicted molar refractivity (Wildman–Crippen MR) is 252 cm³/mol. The molecule has 0 amide bonds. The Morgan fingerprint density at radius 2 is 0.825 bits per heavy atom. The van der Waals surface area contributed by atoms with Crippen LogP contribution in [0.5, 0.6) is 0 Å². The highest BCUT2D eigenvalue weighted by atomic mass is 16.3. The Balaban J connectivity index is 1.03. The van der Waals surface area contributed by atoms with E-state index in [1.54, 1.807) is 0 Å². The van der Waals surface area contributed by atoms with Gasteiger partial charge in [-0.15, -0.1) is 0 Å². The van der Waals surface area contributed by atoms with Gasteiger partial charge in [-0.1, -0.05) is 158 Å². The molecular weight excluding hydrogens is 771 g/mol. The number of nitrogens with zero attached hydrogens (tertiary/aromatic N) is 3. The first kappa shape index (κ1) is 34.3. The highest BCUT2D eigenvalue weighted by molar-refractivity contribution is 6.16. The Morgan fingerprint density at radius 3 is 1.56 bits per heavy atom. The molecule has 3 heterocycles. The summed E-state index contributed by atoms with van der Waals surface area (Å²) >= 11 is 0. The highest BCUT2D eigenvalue weighted by Gasteiger charge is 2.53. The number of furan rings is 2. The SMILES string of the molecule is c1ccc(-c2ccc(-c3nc(-c4ccccc4)nc(-c4ccc5oc6ccc7c(c6c5c4)C4(c5ccccc5-c5ccccc54)c4cc5oc6ccccc6c5cc4-7)n3)cc2)cc1. The third kappa shape index (κ3) is 4.79. The minimum atomic E-state index is -0.635. The first-order chi connectivity index (χ1) is 31.2. The Bertz CT molecular complexity index is 3800. The molecule has 12 aromatic rings. The van der Waals surface area contributed by atoms with Crippen molar-refractivity contribution in [3.63, 3.8) is 0 Å². The van der Waals surface area contributed by atoms with Crippen molar-refractivity contribution < 1.29 is 8.83 Å². The lowest BCUT2D eigenvalue weighted by Gasteiger charge is -2.31. The number of hydrogen-bond acceptors (Lipinski definition) is 5. The lowest BCUT2D eigenvalue weighted by Crippen LogP contribution is -2.26. The molecule has 3 aromatic heterocycles. The van der Waals surface area contributed by atoms with E-state index in [1.807, 2.05) is 42.5 Å². The van der Waals surface area contributed by atoms with Crippen molar-refractivity contribution in [1.29, 1.82) is 0 Å². The summed E-state index contributed by atoms with van der Waals surface area (Å²) in [5, 5.41) is 4.32. The van der Waals surface area contributed by atoms with E-state index in [2.05, 4.69) is 158 Å². The van der Waals surface area contributed by atoms with Crippen LogP contribution < -0.4 is 0 Å². The maximum absolute atomic E-state index is 6.83. The molecule has 2 aliphatic carbocycles. The molecule has 292 valence electrons. The predicted octanol–water partition coefficient (Wildman–Crippen LogP) is 14.7. The van der Waals surface area contributed by atoms with E-state index >= 15 is 0 Å². The van der Waals surface area contributed by atoms with Crippen LogP contribution in [0, 0.1) is 0 Å². The number of fused-ring (bicyclic) bond motifs is 17. The van der Waals surface area contributed by atoms with Crippen LogP contribution in [-0.2, 0) is 5.41 Å². The monoisotopic (exact) mass is 803 g/mol. The van der Waals surface area contributed by atoms with E-state index < -0.39 is 5.41 Å². The van der Waals surface area contributed by atoms with Gasteiger partial charge in [0.2, 0.25) is 0 Å². The average Bonchev–Trinajstić information content (AvgIpc) is 4.08. The zero-order valence-corrected chi connectivity index (χ0v) is 33.7. The van der Waals surface area contributed by atoms with Gasteiger partial charge in [0, 0.05) is 38.2 Å². The van der Waals surface area contributed by atoms with Crippen LogP contribution in [-0.4, -0.2) is 15.0 Å². The van der Waals surface area contributed by atoms with E-state index in [1.165, 1.54) is 44.5 Å². The lowest BCUT2D eigenvalue weighted by molar-refractivity contribution is 0.666. The van der Waals surface area contributed by atoms with Gasteiger partial charge in [-0.25, -0.2) is 15.0 Å². The molecule has 5 heteroatoms. The van der Waals surface area contributed by atoms with Crippen molar-refractivity contribution >= 4 is 43.9 Å². The van der Waals surface area contributed by atoms with Crippen LogP contribution in [0.3, 0.4) is 0 Å². The van der Waals surface area contributed by atoms with Crippen LogP contribution in [0.4, 0.5) is 0 Å². The second kappa shape index (κ2) is 12.8. The molecule has 0 radical (unpaired) electrons. The summed E-state index contributed by atoms with van der Waals surface area (Å²) < 4.78 is 13.5. The molecule has 0 aliphatic heterocycles. The second-order valence-electron chi connectivity index (χ2n) is 16.6. The minimum absolute atomic E-state index is 0.594. The molecule has 0 unspecified atom stereocenters. The highest BCUT2D eigenvalue weighted by Crippen LogP contribution is 2.65. The molecule has 9 aromatic carbocycles. The molecule has 0 fully saturated rings. The number of para-hydroxylation sites is 1. The van der Waals surface area contributed by atoms with Gasteiger partial charge in [0.05, 0.1) is 5.41 Å². The molecule has 1 spiro atoms. The molecule has 0 saturated carbocycles. The van der Waals surface area contributed by atoms with E-state index in [0.717, 1.165) is 71.7 Å². The smallest absolute Gasteiger partial charge is 0.164 e. The largest absolute Gasteiger partial charge is 0.456 e. The van der Waals surface area contributed by atoms with Crippen molar-refractivity contribution in [3.05, 3.63) is 222 Å². The van der Waals surface area contributed by atoms with Crippen LogP contribution in [0.1, 0.15) is 22.3 Å². The maximum Gasteiger partial charge on any atom is 0.164 e. The normalized spacial score (nSPS) is 13.2. The number of hydrogen-bond donors (Lipinski definition) is 0. The summed E-state index contributed by atoms with van der Waals surface area (Å²) in [4.78, 5) is 15.4. The molecule has 0 N–H and O–H groups in total. The molecule has 0 saturated heterocycles. The summed E-state index contributed by atoms with van der Waals surface area (Å²) in [7, 11) is 0. The van der Waals surface area contributed by atoms with Gasteiger partial charge in [-0.2, -0.15) is 0 Å². The second-order valence-corrected chi connectivity index (χ2v) is 16.6. The fraction of sp³-hybridized carbons (Fsp3) is 0.0172. The van der Waals surface area contributed by atoms with Gasteiger partial charge in [0.25, 0.3) is 0 Å². The van der Waals surface area contributed by atoms with Crippen molar-refractivity contribution in [1.82, 2.24) is 15.0 Å². The summed E-state index contributed by atoms with van der Waals surface area (Å²) in [6.07, 6.45) is 0. The van der Waals surface area contributed by atoms with E-state index in [0.29, 0.717) is 17.5 Å². The fourth-order valence-corrected chi connectivity index (χ4v) is 10.6. The minimum Gasteiger partial charge on any atom is -0.456 e. The Kier molecular flexibility index (Phi) is 6.97. The summed E-state index contributed by atoms with van der Waals surface area (Å²) in [5.41, 5.74) is 17.6. The number of benzene rings is 9. The average molecular weight is 804 g/mol. The van der Waals surface area contributed by atoms with Crippen molar-refractivity contribution in [2.45, 2.75) is 5.41 Å². The molecular formula is C58H33N3O2. The molecule has 14 rings (SSSR count). The van der Waals surface area contributed by atoms with Gasteiger partial charge >= 0.3 is 0 Å². The first-order valence-electron chi connectivity index (χ1n) is 21.3. The Morgan fingerprint density at radius 1 is 0.302 bits per heavy atom. The Labute approximate surface area is 361 Å². The van der Waals surface area contributed by atoms with E-state index in [4.69, 9.17) is 23.8 Å². The van der Waals surface area contributed by atoms with Crippen molar-refractivity contribution in [2.75, 3.05) is 0 Å². The third-order valence-corrected chi connectivity index (χ3v) is 13.4.